The van der Waals surface area contributed by atoms with Crippen molar-refractivity contribution in [2.24, 2.45) is 0 Å². The summed E-state index contributed by atoms with van der Waals surface area (Å²) in [4.78, 5) is 15.2. The number of pyridine rings is 1. The number of carbonyl (C=O) groups excluding carboxylic acids is 1. The second-order valence-corrected chi connectivity index (χ2v) is 3.32. The maximum absolute atomic E-state index is 12.5. The van der Waals surface area contributed by atoms with Gasteiger partial charge in [0, 0.05) is 6.07 Å². The molecule has 0 spiro atoms. The number of hydrogen-bond acceptors (Lipinski definition) is 3. The standard InChI is InChI=1S/C9H6ClFN4O/c10-7-3-6(14-15-7)9(16)13-8-2-1-5(11)4-12-8/h1-4H,(H,14,15)(H,12,13,16). The fourth-order valence-electron chi connectivity index (χ4n) is 1.04. The molecular formula is C9H6ClFN4O. The van der Waals surface area contributed by atoms with E-state index in [1.54, 1.807) is 0 Å². The summed E-state index contributed by atoms with van der Waals surface area (Å²) >= 11 is 5.56. The molecule has 0 aromatic carbocycles. The maximum Gasteiger partial charge on any atom is 0.277 e. The number of carbonyl (C=O) groups is 1. The smallest absolute Gasteiger partial charge is 0.277 e. The molecule has 0 saturated heterocycles. The van der Waals surface area contributed by atoms with E-state index in [0.29, 0.717) is 0 Å². The molecule has 0 aliphatic rings. The van der Waals surface area contributed by atoms with Gasteiger partial charge in [-0.1, -0.05) is 11.6 Å². The topological polar surface area (TPSA) is 70.7 Å². The number of amides is 1. The van der Waals surface area contributed by atoms with Crippen molar-refractivity contribution in [3.8, 4) is 0 Å². The summed E-state index contributed by atoms with van der Waals surface area (Å²) < 4.78 is 12.5. The Bertz CT molecular complexity index is 510. The van der Waals surface area contributed by atoms with Crippen LogP contribution in [0.25, 0.3) is 0 Å². The van der Waals surface area contributed by atoms with Gasteiger partial charge in [0.15, 0.2) is 5.69 Å². The first kappa shape index (κ1) is 10.6. The molecule has 5 nitrogen and oxygen atoms in total. The lowest BCUT2D eigenvalue weighted by molar-refractivity contribution is 0.102. The van der Waals surface area contributed by atoms with Crippen molar-refractivity contribution in [3.05, 3.63) is 41.1 Å². The predicted octanol–water partition coefficient (Wildman–Crippen LogP) is 1.85. The Morgan fingerprint density at radius 2 is 2.31 bits per heavy atom. The molecule has 0 fully saturated rings. The Morgan fingerprint density at radius 3 is 2.88 bits per heavy atom. The van der Waals surface area contributed by atoms with E-state index in [1.807, 2.05) is 0 Å². The van der Waals surface area contributed by atoms with Gasteiger partial charge in [0.25, 0.3) is 5.91 Å². The van der Waals surface area contributed by atoms with Gasteiger partial charge >= 0.3 is 0 Å². The van der Waals surface area contributed by atoms with Gasteiger partial charge in [0.2, 0.25) is 0 Å². The molecule has 0 saturated carbocycles. The van der Waals surface area contributed by atoms with Gasteiger partial charge in [-0.3, -0.25) is 9.89 Å². The molecule has 2 aromatic rings. The zero-order valence-corrected chi connectivity index (χ0v) is 8.62. The molecule has 2 heterocycles. The van der Waals surface area contributed by atoms with E-state index in [-0.39, 0.29) is 16.7 Å². The Morgan fingerprint density at radius 1 is 1.50 bits per heavy atom. The number of aromatic amines is 1. The van der Waals surface area contributed by atoms with Crippen LogP contribution in [0, 0.1) is 5.82 Å². The van der Waals surface area contributed by atoms with Crippen molar-refractivity contribution in [2.45, 2.75) is 0 Å². The molecule has 0 radical (unpaired) electrons. The Kier molecular flexibility index (Phi) is 2.82. The van der Waals surface area contributed by atoms with Crippen LogP contribution in [0.4, 0.5) is 10.2 Å². The highest BCUT2D eigenvalue weighted by Gasteiger charge is 2.10. The number of halogens is 2. The van der Waals surface area contributed by atoms with E-state index >= 15 is 0 Å². The third kappa shape index (κ3) is 2.34. The molecule has 16 heavy (non-hydrogen) atoms. The van der Waals surface area contributed by atoms with Gasteiger partial charge in [-0.25, -0.2) is 9.37 Å². The fraction of sp³-hybridized carbons (Fsp3) is 0. The van der Waals surface area contributed by atoms with Crippen molar-refractivity contribution in [2.75, 3.05) is 5.32 Å². The monoisotopic (exact) mass is 240 g/mol. The lowest BCUT2D eigenvalue weighted by atomic mass is 10.4. The number of H-pyrrole nitrogens is 1. The van der Waals surface area contributed by atoms with E-state index in [1.165, 1.54) is 18.2 Å². The first-order valence-electron chi connectivity index (χ1n) is 4.29. The summed E-state index contributed by atoms with van der Waals surface area (Å²) in [6.07, 6.45) is 1.01. The number of anilines is 1. The van der Waals surface area contributed by atoms with Gasteiger partial charge in [0.1, 0.15) is 16.8 Å². The second-order valence-electron chi connectivity index (χ2n) is 2.92. The lowest BCUT2D eigenvalue weighted by Gasteiger charge is -2.00. The fourth-order valence-corrected chi connectivity index (χ4v) is 1.19. The molecule has 2 aromatic heterocycles. The summed E-state index contributed by atoms with van der Waals surface area (Å²) in [7, 11) is 0. The third-order valence-electron chi connectivity index (χ3n) is 1.75. The quantitative estimate of drug-likeness (QED) is 0.842. The minimum Gasteiger partial charge on any atom is -0.305 e. The second kappa shape index (κ2) is 4.28. The molecule has 0 aliphatic carbocycles. The van der Waals surface area contributed by atoms with Crippen molar-refractivity contribution >= 4 is 23.3 Å². The van der Waals surface area contributed by atoms with E-state index in [9.17, 15) is 9.18 Å². The minimum atomic E-state index is -0.471. The summed E-state index contributed by atoms with van der Waals surface area (Å²) in [6.45, 7) is 0. The first-order chi connectivity index (χ1) is 7.65. The summed E-state index contributed by atoms with van der Waals surface area (Å²) in [5.74, 6) is -0.700. The highest BCUT2D eigenvalue weighted by Crippen LogP contribution is 2.08. The predicted molar refractivity (Wildman–Crippen MR) is 55.7 cm³/mol. The largest absolute Gasteiger partial charge is 0.305 e. The minimum absolute atomic E-state index is 0.135. The highest BCUT2D eigenvalue weighted by atomic mass is 35.5. The number of nitrogens with zero attached hydrogens (tertiary/aromatic N) is 2. The summed E-state index contributed by atoms with van der Waals surface area (Å²) in [5, 5.41) is 8.78. The molecule has 82 valence electrons. The van der Waals surface area contributed by atoms with E-state index in [0.717, 1.165) is 6.20 Å². The van der Waals surface area contributed by atoms with Crippen LogP contribution >= 0.6 is 11.6 Å². The molecule has 0 atom stereocenters. The van der Waals surface area contributed by atoms with E-state index in [4.69, 9.17) is 11.6 Å². The van der Waals surface area contributed by atoms with Crippen LogP contribution in [0.1, 0.15) is 10.5 Å². The van der Waals surface area contributed by atoms with E-state index < -0.39 is 11.7 Å². The van der Waals surface area contributed by atoms with Crippen LogP contribution in [0.3, 0.4) is 0 Å². The van der Waals surface area contributed by atoms with Crippen molar-refractivity contribution in [3.63, 3.8) is 0 Å². The number of aromatic nitrogens is 3. The molecule has 0 aliphatic heterocycles. The summed E-state index contributed by atoms with van der Waals surface area (Å²) in [6, 6.07) is 3.92. The SMILES string of the molecule is O=C(Nc1ccc(F)cn1)c1cc(Cl)[nH]n1. The van der Waals surface area contributed by atoms with Gasteiger partial charge in [-0.05, 0) is 12.1 Å². The number of rotatable bonds is 2. The maximum atomic E-state index is 12.5. The molecule has 2 rings (SSSR count). The van der Waals surface area contributed by atoms with Crippen LogP contribution in [0.5, 0.6) is 0 Å². The van der Waals surface area contributed by atoms with Gasteiger partial charge in [0.05, 0.1) is 6.20 Å². The zero-order valence-electron chi connectivity index (χ0n) is 7.87. The molecule has 1 amide bonds. The zero-order chi connectivity index (χ0) is 11.5. The average molecular weight is 241 g/mol. The Labute approximate surface area is 94.7 Å². The number of nitrogens with one attached hydrogen (secondary N) is 2. The molecule has 2 N–H and O–H groups in total. The van der Waals surface area contributed by atoms with Gasteiger partial charge in [-0.2, -0.15) is 5.10 Å². The van der Waals surface area contributed by atoms with Crippen molar-refractivity contribution in [1.29, 1.82) is 0 Å². The van der Waals surface area contributed by atoms with Crippen molar-refractivity contribution in [1.82, 2.24) is 15.2 Å². The lowest BCUT2D eigenvalue weighted by Crippen LogP contribution is -2.13. The van der Waals surface area contributed by atoms with Crippen LogP contribution in [0.2, 0.25) is 5.15 Å². The molecule has 0 bridgehead atoms. The van der Waals surface area contributed by atoms with Crippen LogP contribution in [-0.4, -0.2) is 21.1 Å². The molecule has 0 unspecified atom stereocenters. The average Bonchev–Trinajstić information content (AvgIpc) is 2.68. The van der Waals surface area contributed by atoms with Crippen LogP contribution in [-0.2, 0) is 0 Å². The highest BCUT2D eigenvalue weighted by molar-refractivity contribution is 6.29. The van der Waals surface area contributed by atoms with Gasteiger partial charge in [-0.15, -0.1) is 0 Å². The normalized spacial score (nSPS) is 10.1. The van der Waals surface area contributed by atoms with E-state index in [2.05, 4.69) is 20.5 Å². The first-order valence-corrected chi connectivity index (χ1v) is 4.67. The van der Waals surface area contributed by atoms with Crippen LogP contribution in [0.15, 0.2) is 24.4 Å². The number of hydrogen-bond donors (Lipinski definition) is 2. The molecular weight excluding hydrogens is 235 g/mol. The molecule has 7 heteroatoms. The Hall–Kier alpha value is -1.95. The van der Waals surface area contributed by atoms with Crippen molar-refractivity contribution < 1.29 is 9.18 Å². The van der Waals surface area contributed by atoms with Crippen LogP contribution < -0.4 is 5.32 Å². The Balaban J connectivity index is 2.10. The van der Waals surface area contributed by atoms with Gasteiger partial charge < -0.3 is 5.32 Å². The third-order valence-corrected chi connectivity index (χ3v) is 1.94. The summed E-state index contributed by atoms with van der Waals surface area (Å²) in [5.41, 5.74) is 0.135.